The molecule has 1 aromatic heterocycles. The summed E-state index contributed by atoms with van der Waals surface area (Å²) in [6.45, 7) is 0.411. The molecular weight excluding hydrogens is 259 g/mol. The molecule has 0 radical (unpaired) electrons. The fourth-order valence-electron chi connectivity index (χ4n) is 1.82. The quantitative estimate of drug-likeness (QED) is 0.570. The number of carbonyl (C=O) groups is 1. The Bertz CT molecular complexity index is 603. The molecule has 2 rings (SSSR count). The predicted molar refractivity (Wildman–Crippen MR) is 74.5 cm³/mol. The van der Waals surface area contributed by atoms with Gasteiger partial charge in [-0.15, -0.1) is 0 Å². The van der Waals surface area contributed by atoms with E-state index in [-0.39, 0.29) is 11.7 Å². The molecule has 5 nitrogen and oxygen atoms in total. The maximum atomic E-state index is 13.0. The van der Waals surface area contributed by atoms with Crippen molar-refractivity contribution in [3.8, 4) is 0 Å². The second kappa shape index (κ2) is 6.63. The highest BCUT2D eigenvalue weighted by atomic mass is 19.1. The lowest BCUT2D eigenvalue weighted by Gasteiger charge is -2.09. The Morgan fingerprint density at radius 1 is 1.35 bits per heavy atom. The molecule has 0 aliphatic carbocycles. The molecule has 0 atom stereocenters. The van der Waals surface area contributed by atoms with E-state index < -0.39 is 0 Å². The largest absolute Gasteiger partial charge is 0.352 e. The molecule has 0 aliphatic rings. The van der Waals surface area contributed by atoms with Crippen LogP contribution in [0, 0.1) is 5.82 Å². The Hall–Kier alpha value is -2.47. The number of aromatic nitrogens is 1. The minimum Gasteiger partial charge on any atom is -0.352 e. The maximum absolute atomic E-state index is 13.0. The van der Waals surface area contributed by atoms with Crippen LogP contribution in [0.25, 0.3) is 0 Å². The minimum absolute atomic E-state index is 0.253. The van der Waals surface area contributed by atoms with Crippen LogP contribution < -0.4 is 16.6 Å². The van der Waals surface area contributed by atoms with Gasteiger partial charge in [-0.05, 0) is 30.2 Å². The van der Waals surface area contributed by atoms with Crippen molar-refractivity contribution in [1.29, 1.82) is 0 Å². The Morgan fingerprint density at radius 3 is 2.95 bits per heavy atom. The van der Waals surface area contributed by atoms with Gasteiger partial charge in [0.2, 0.25) is 0 Å². The van der Waals surface area contributed by atoms with Gasteiger partial charge in [0.25, 0.3) is 5.91 Å². The zero-order chi connectivity index (χ0) is 14.4. The molecule has 0 aliphatic heterocycles. The number of amides is 1. The number of rotatable bonds is 5. The number of nitrogen functional groups attached to an aromatic ring is 1. The van der Waals surface area contributed by atoms with E-state index in [1.54, 1.807) is 12.1 Å². The molecule has 0 saturated heterocycles. The van der Waals surface area contributed by atoms with Gasteiger partial charge in [0, 0.05) is 12.7 Å². The van der Waals surface area contributed by atoms with Crippen LogP contribution in [0.2, 0.25) is 0 Å². The summed E-state index contributed by atoms with van der Waals surface area (Å²) in [6.07, 6.45) is 3.55. The van der Waals surface area contributed by atoms with Crippen molar-refractivity contribution in [2.24, 2.45) is 5.84 Å². The number of nitrogens with two attached hydrogens (primary N) is 1. The van der Waals surface area contributed by atoms with Crippen molar-refractivity contribution in [3.05, 3.63) is 59.7 Å². The molecule has 0 unspecified atom stereocenters. The fourth-order valence-corrected chi connectivity index (χ4v) is 1.82. The second-order valence-electron chi connectivity index (χ2n) is 4.20. The first kappa shape index (κ1) is 14.0. The highest BCUT2D eigenvalue weighted by Gasteiger charge is 2.09. The second-order valence-corrected chi connectivity index (χ2v) is 4.20. The number of benzene rings is 1. The number of nitrogens with one attached hydrogen (secondary N) is 2. The van der Waals surface area contributed by atoms with E-state index in [4.69, 9.17) is 5.84 Å². The van der Waals surface area contributed by atoms with Crippen LogP contribution in [0.1, 0.15) is 15.9 Å². The number of anilines is 1. The number of hydrazine groups is 1. The molecule has 20 heavy (non-hydrogen) atoms. The lowest BCUT2D eigenvalue weighted by molar-refractivity contribution is 0.0955. The van der Waals surface area contributed by atoms with E-state index in [0.29, 0.717) is 24.2 Å². The highest BCUT2D eigenvalue weighted by Crippen LogP contribution is 2.11. The lowest BCUT2D eigenvalue weighted by Crippen LogP contribution is -2.27. The summed E-state index contributed by atoms with van der Waals surface area (Å²) in [7, 11) is 0. The molecule has 2 aromatic rings. The van der Waals surface area contributed by atoms with Crippen LogP contribution in [0.3, 0.4) is 0 Å². The SMILES string of the molecule is NNc1cnccc1C(=O)NCCc1cccc(F)c1. The summed E-state index contributed by atoms with van der Waals surface area (Å²) >= 11 is 0. The van der Waals surface area contributed by atoms with Crippen LogP contribution in [0.5, 0.6) is 0 Å². The number of nitrogens with zero attached hydrogens (tertiary/aromatic N) is 1. The third-order valence-corrected chi connectivity index (χ3v) is 2.81. The van der Waals surface area contributed by atoms with Gasteiger partial charge in [-0.1, -0.05) is 12.1 Å². The molecule has 1 aromatic carbocycles. The molecule has 0 saturated carbocycles. The third kappa shape index (κ3) is 3.52. The number of carbonyl (C=O) groups excluding carboxylic acids is 1. The summed E-state index contributed by atoms with van der Waals surface area (Å²) in [4.78, 5) is 15.8. The van der Waals surface area contributed by atoms with Crippen molar-refractivity contribution >= 4 is 11.6 Å². The molecular formula is C14H15FN4O. The van der Waals surface area contributed by atoms with Crippen LogP contribution in [-0.4, -0.2) is 17.4 Å². The molecule has 0 spiro atoms. The van der Waals surface area contributed by atoms with E-state index >= 15 is 0 Å². The Kier molecular flexibility index (Phi) is 4.62. The molecule has 1 amide bonds. The predicted octanol–water partition coefficient (Wildman–Crippen LogP) is 1.48. The molecule has 6 heteroatoms. The number of hydrogen-bond acceptors (Lipinski definition) is 4. The summed E-state index contributed by atoms with van der Waals surface area (Å²) in [5.74, 6) is 4.78. The highest BCUT2D eigenvalue weighted by molar-refractivity contribution is 5.99. The van der Waals surface area contributed by atoms with E-state index in [2.05, 4.69) is 15.7 Å². The number of pyridine rings is 1. The first-order chi connectivity index (χ1) is 9.70. The molecule has 0 bridgehead atoms. The Labute approximate surface area is 116 Å². The topological polar surface area (TPSA) is 80.0 Å². The Morgan fingerprint density at radius 2 is 2.20 bits per heavy atom. The Balaban J connectivity index is 1.92. The molecule has 4 N–H and O–H groups in total. The fraction of sp³-hybridized carbons (Fsp3) is 0.143. The van der Waals surface area contributed by atoms with Gasteiger partial charge in [0.15, 0.2) is 0 Å². The molecule has 1 heterocycles. The van der Waals surface area contributed by atoms with Gasteiger partial charge in [0.1, 0.15) is 5.82 Å². The van der Waals surface area contributed by atoms with Crippen molar-refractivity contribution in [2.75, 3.05) is 12.0 Å². The van der Waals surface area contributed by atoms with Crippen LogP contribution in [0.15, 0.2) is 42.7 Å². The van der Waals surface area contributed by atoms with E-state index in [0.717, 1.165) is 5.56 Å². The molecule has 104 valence electrons. The normalized spacial score (nSPS) is 10.1. The van der Waals surface area contributed by atoms with Gasteiger partial charge in [-0.3, -0.25) is 15.6 Å². The maximum Gasteiger partial charge on any atom is 0.253 e. The van der Waals surface area contributed by atoms with Crippen LogP contribution in [-0.2, 0) is 6.42 Å². The summed E-state index contributed by atoms with van der Waals surface area (Å²) < 4.78 is 13.0. The molecule has 0 fully saturated rings. The van der Waals surface area contributed by atoms with E-state index in [1.807, 2.05) is 6.07 Å². The van der Waals surface area contributed by atoms with Crippen LogP contribution >= 0.6 is 0 Å². The minimum atomic E-state index is -0.280. The average molecular weight is 274 g/mol. The van der Waals surface area contributed by atoms with Gasteiger partial charge in [0.05, 0.1) is 17.4 Å². The van der Waals surface area contributed by atoms with Crippen molar-refractivity contribution in [2.45, 2.75) is 6.42 Å². The lowest BCUT2D eigenvalue weighted by atomic mass is 10.1. The number of hydrogen-bond donors (Lipinski definition) is 3. The monoisotopic (exact) mass is 274 g/mol. The van der Waals surface area contributed by atoms with E-state index in [1.165, 1.54) is 24.5 Å². The third-order valence-electron chi connectivity index (χ3n) is 2.81. The van der Waals surface area contributed by atoms with Crippen molar-refractivity contribution < 1.29 is 9.18 Å². The summed E-state index contributed by atoms with van der Waals surface area (Å²) in [5.41, 5.74) is 4.12. The van der Waals surface area contributed by atoms with E-state index in [9.17, 15) is 9.18 Å². The standard InChI is InChI=1S/C14H15FN4O/c15-11-3-1-2-10(8-11)4-7-18-14(20)12-5-6-17-9-13(12)19-16/h1-3,5-6,8-9,19H,4,7,16H2,(H,18,20). The zero-order valence-corrected chi connectivity index (χ0v) is 10.8. The van der Waals surface area contributed by atoms with Crippen molar-refractivity contribution in [3.63, 3.8) is 0 Å². The first-order valence-electron chi connectivity index (χ1n) is 6.14. The summed E-state index contributed by atoms with van der Waals surface area (Å²) in [5, 5.41) is 2.76. The number of halogens is 1. The summed E-state index contributed by atoms with van der Waals surface area (Å²) in [6, 6.07) is 7.87. The van der Waals surface area contributed by atoms with Gasteiger partial charge in [-0.2, -0.15) is 0 Å². The van der Waals surface area contributed by atoms with Crippen LogP contribution in [0.4, 0.5) is 10.1 Å². The van der Waals surface area contributed by atoms with Gasteiger partial charge < -0.3 is 10.7 Å². The van der Waals surface area contributed by atoms with Crippen molar-refractivity contribution in [1.82, 2.24) is 10.3 Å². The first-order valence-corrected chi connectivity index (χ1v) is 6.14. The average Bonchev–Trinajstić information content (AvgIpc) is 2.47. The zero-order valence-electron chi connectivity index (χ0n) is 10.8. The smallest absolute Gasteiger partial charge is 0.253 e. The van der Waals surface area contributed by atoms with Gasteiger partial charge >= 0.3 is 0 Å². The van der Waals surface area contributed by atoms with Gasteiger partial charge in [-0.25, -0.2) is 4.39 Å².